The van der Waals surface area contributed by atoms with Crippen molar-refractivity contribution in [3.8, 4) is 0 Å². The number of hydrogen-bond donors (Lipinski definition) is 1. The lowest BCUT2D eigenvalue weighted by Crippen LogP contribution is -2.15. The lowest BCUT2D eigenvalue weighted by molar-refractivity contribution is 0.134. The monoisotopic (exact) mass is 255 g/mol. The van der Waals surface area contributed by atoms with Gasteiger partial charge in [0.2, 0.25) is 5.95 Å². The van der Waals surface area contributed by atoms with Crippen molar-refractivity contribution < 1.29 is 9.47 Å². The van der Waals surface area contributed by atoms with Crippen molar-refractivity contribution in [1.82, 2.24) is 9.55 Å². The highest BCUT2D eigenvalue weighted by molar-refractivity contribution is 5.26. The minimum absolute atomic E-state index is 0.288. The van der Waals surface area contributed by atoms with Crippen LogP contribution >= 0.6 is 0 Å². The molecule has 0 saturated carbocycles. The molecule has 5 heteroatoms. The summed E-state index contributed by atoms with van der Waals surface area (Å²) in [5.74, 6) is 0.898. The van der Waals surface area contributed by atoms with Crippen LogP contribution in [-0.4, -0.2) is 43.0 Å². The molecule has 0 bridgehead atoms. The van der Waals surface area contributed by atoms with E-state index in [1.807, 2.05) is 12.4 Å². The Hall–Kier alpha value is -1.07. The van der Waals surface area contributed by atoms with Crippen LogP contribution in [0, 0.1) is 0 Å². The van der Waals surface area contributed by atoms with Gasteiger partial charge in [-0.3, -0.25) is 0 Å². The molecule has 0 saturated heterocycles. The summed E-state index contributed by atoms with van der Waals surface area (Å²) in [5, 5.41) is 3.33. The van der Waals surface area contributed by atoms with Crippen LogP contribution in [0.3, 0.4) is 0 Å². The standard InChI is InChI=1S/C13H25N3O2/c1-4-9-18-10-5-6-14-13-15-7-8-16(13)12(2)11-17-3/h7-8,12H,4-6,9-11H2,1-3H3,(H,14,15). The number of hydrogen-bond acceptors (Lipinski definition) is 4. The molecule has 0 aromatic carbocycles. The van der Waals surface area contributed by atoms with Crippen molar-refractivity contribution in [3.05, 3.63) is 12.4 Å². The molecule has 0 aliphatic carbocycles. The number of anilines is 1. The topological polar surface area (TPSA) is 48.3 Å². The van der Waals surface area contributed by atoms with Gasteiger partial charge >= 0.3 is 0 Å². The normalized spacial score (nSPS) is 12.6. The molecule has 1 rings (SSSR count). The highest BCUT2D eigenvalue weighted by atomic mass is 16.5. The van der Waals surface area contributed by atoms with E-state index in [4.69, 9.17) is 9.47 Å². The predicted molar refractivity (Wildman–Crippen MR) is 73.0 cm³/mol. The molecule has 1 heterocycles. The highest BCUT2D eigenvalue weighted by Gasteiger charge is 2.08. The fraction of sp³-hybridized carbons (Fsp3) is 0.769. The Bertz CT molecular complexity index is 315. The second kappa shape index (κ2) is 8.94. The highest BCUT2D eigenvalue weighted by Crippen LogP contribution is 2.13. The van der Waals surface area contributed by atoms with Crippen LogP contribution in [0.1, 0.15) is 32.7 Å². The molecule has 18 heavy (non-hydrogen) atoms. The van der Waals surface area contributed by atoms with Gasteiger partial charge in [0.15, 0.2) is 0 Å². The van der Waals surface area contributed by atoms with Crippen molar-refractivity contribution in [1.29, 1.82) is 0 Å². The Kier molecular flexibility index (Phi) is 7.44. The van der Waals surface area contributed by atoms with E-state index in [0.717, 1.165) is 38.5 Å². The van der Waals surface area contributed by atoms with Crippen LogP contribution in [0.15, 0.2) is 12.4 Å². The Labute approximate surface area is 109 Å². The molecule has 0 aliphatic heterocycles. The van der Waals surface area contributed by atoms with Crippen LogP contribution < -0.4 is 5.32 Å². The maximum Gasteiger partial charge on any atom is 0.203 e. The zero-order valence-electron chi connectivity index (χ0n) is 11.7. The second-order valence-electron chi connectivity index (χ2n) is 4.36. The van der Waals surface area contributed by atoms with Crippen LogP contribution in [0.25, 0.3) is 0 Å². The minimum Gasteiger partial charge on any atom is -0.383 e. The predicted octanol–water partition coefficient (Wildman–Crippen LogP) is 2.32. The minimum atomic E-state index is 0.288. The first-order valence-corrected chi connectivity index (χ1v) is 6.63. The van der Waals surface area contributed by atoms with Crippen molar-refractivity contribution in [2.75, 3.05) is 38.8 Å². The Morgan fingerprint density at radius 2 is 2.28 bits per heavy atom. The zero-order chi connectivity index (χ0) is 13.2. The van der Waals surface area contributed by atoms with E-state index in [1.165, 1.54) is 0 Å². The largest absolute Gasteiger partial charge is 0.383 e. The average Bonchev–Trinajstić information content (AvgIpc) is 2.82. The molecule has 0 radical (unpaired) electrons. The fourth-order valence-corrected chi connectivity index (χ4v) is 1.75. The summed E-state index contributed by atoms with van der Waals surface area (Å²) in [7, 11) is 1.71. The van der Waals surface area contributed by atoms with Crippen LogP contribution in [0.4, 0.5) is 5.95 Å². The molecular formula is C13H25N3O2. The van der Waals surface area contributed by atoms with E-state index in [9.17, 15) is 0 Å². The van der Waals surface area contributed by atoms with Gasteiger partial charge in [0, 0.05) is 39.3 Å². The quantitative estimate of drug-likeness (QED) is 0.652. The van der Waals surface area contributed by atoms with Crippen LogP contribution in [0.5, 0.6) is 0 Å². The first-order chi connectivity index (χ1) is 8.79. The van der Waals surface area contributed by atoms with E-state index >= 15 is 0 Å². The van der Waals surface area contributed by atoms with Crippen molar-refractivity contribution in [2.45, 2.75) is 32.7 Å². The molecule has 0 spiro atoms. The van der Waals surface area contributed by atoms with Crippen LogP contribution in [0.2, 0.25) is 0 Å². The average molecular weight is 255 g/mol. The van der Waals surface area contributed by atoms with Gasteiger partial charge in [-0.05, 0) is 19.8 Å². The summed E-state index contributed by atoms with van der Waals surface area (Å²) in [6.07, 6.45) is 5.85. The number of aromatic nitrogens is 2. The first kappa shape index (κ1) is 15.0. The second-order valence-corrected chi connectivity index (χ2v) is 4.36. The van der Waals surface area contributed by atoms with Gasteiger partial charge in [0.25, 0.3) is 0 Å². The maximum atomic E-state index is 5.43. The van der Waals surface area contributed by atoms with Gasteiger partial charge in [0.1, 0.15) is 0 Å². The molecule has 0 amide bonds. The zero-order valence-corrected chi connectivity index (χ0v) is 11.7. The Morgan fingerprint density at radius 1 is 1.44 bits per heavy atom. The molecule has 1 unspecified atom stereocenters. The SMILES string of the molecule is CCCOCCCNc1nccn1C(C)COC. The van der Waals surface area contributed by atoms with Gasteiger partial charge in [-0.2, -0.15) is 0 Å². The number of methoxy groups -OCH3 is 1. The third-order valence-corrected chi connectivity index (χ3v) is 2.65. The molecule has 0 aliphatic rings. The van der Waals surface area contributed by atoms with E-state index in [2.05, 4.69) is 28.7 Å². The van der Waals surface area contributed by atoms with Crippen molar-refractivity contribution in [2.24, 2.45) is 0 Å². The molecule has 1 N–H and O–H groups in total. The Balaban J connectivity index is 2.27. The molecule has 1 aromatic rings. The third kappa shape index (κ3) is 5.06. The van der Waals surface area contributed by atoms with Gasteiger partial charge in [-0.15, -0.1) is 0 Å². The van der Waals surface area contributed by atoms with Crippen molar-refractivity contribution in [3.63, 3.8) is 0 Å². The molecule has 5 nitrogen and oxygen atoms in total. The van der Waals surface area contributed by atoms with E-state index in [-0.39, 0.29) is 6.04 Å². The lowest BCUT2D eigenvalue weighted by atomic mass is 10.3. The number of nitrogens with zero attached hydrogens (tertiary/aromatic N) is 2. The molecular weight excluding hydrogens is 230 g/mol. The Morgan fingerprint density at radius 3 is 3.00 bits per heavy atom. The van der Waals surface area contributed by atoms with E-state index in [1.54, 1.807) is 7.11 Å². The number of ether oxygens (including phenoxy) is 2. The third-order valence-electron chi connectivity index (χ3n) is 2.65. The van der Waals surface area contributed by atoms with Gasteiger partial charge in [0.05, 0.1) is 12.6 Å². The summed E-state index contributed by atoms with van der Waals surface area (Å²) in [5.41, 5.74) is 0. The molecule has 0 fully saturated rings. The summed E-state index contributed by atoms with van der Waals surface area (Å²) in [6.45, 7) is 7.44. The first-order valence-electron chi connectivity index (χ1n) is 6.63. The van der Waals surface area contributed by atoms with Crippen LogP contribution in [-0.2, 0) is 9.47 Å². The van der Waals surface area contributed by atoms with Gasteiger partial charge < -0.3 is 19.4 Å². The number of imidazole rings is 1. The summed E-state index contributed by atoms with van der Waals surface area (Å²) in [4.78, 5) is 4.31. The lowest BCUT2D eigenvalue weighted by Gasteiger charge is -2.16. The molecule has 104 valence electrons. The fourth-order valence-electron chi connectivity index (χ4n) is 1.75. The summed E-state index contributed by atoms with van der Waals surface area (Å²) in [6, 6.07) is 0.288. The van der Waals surface area contributed by atoms with E-state index in [0.29, 0.717) is 6.61 Å². The van der Waals surface area contributed by atoms with E-state index < -0.39 is 0 Å². The number of nitrogens with one attached hydrogen (secondary N) is 1. The van der Waals surface area contributed by atoms with Gasteiger partial charge in [-0.25, -0.2) is 4.98 Å². The molecule has 1 atom stereocenters. The van der Waals surface area contributed by atoms with Crippen molar-refractivity contribution >= 4 is 5.95 Å². The maximum absolute atomic E-state index is 5.43. The summed E-state index contributed by atoms with van der Waals surface area (Å²) >= 11 is 0. The molecule has 1 aromatic heterocycles. The number of rotatable bonds is 10. The summed E-state index contributed by atoms with van der Waals surface area (Å²) < 4.78 is 12.7. The smallest absolute Gasteiger partial charge is 0.203 e. The van der Waals surface area contributed by atoms with Gasteiger partial charge in [-0.1, -0.05) is 6.92 Å².